The van der Waals surface area contributed by atoms with Gasteiger partial charge in [-0.25, -0.2) is 4.79 Å². The molecule has 1 aromatic heterocycles. The van der Waals surface area contributed by atoms with Crippen molar-refractivity contribution in [1.82, 2.24) is 10.3 Å². The molecule has 1 heterocycles. The van der Waals surface area contributed by atoms with Gasteiger partial charge in [0, 0.05) is 17.3 Å². The summed E-state index contributed by atoms with van der Waals surface area (Å²) >= 11 is 0. The Balaban J connectivity index is 1.81. The second kappa shape index (κ2) is 9.37. The topological polar surface area (TPSA) is 91.4 Å². The van der Waals surface area contributed by atoms with Gasteiger partial charge in [-0.1, -0.05) is 30.3 Å². The van der Waals surface area contributed by atoms with E-state index in [0.717, 1.165) is 12.8 Å². The molecule has 0 fully saturated rings. The van der Waals surface area contributed by atoms with Crippen molar-refractivity contribution in [3.8, 4) is 0 Å². The molecule has 1 aromatic carbocycles. The van der Waals surface area contributed by atoms with E-state index in [0.29, 0.717) is 16.8 Å². The van der Waals surface area contributed by atoms with Crippen LogP contribution in [-0.2, 0) is 16.0 Å². The first-order valence-corrected chi connectivity index (χ1v) is 9.17. The van der Waals surface area contributed by atoms with Crippen molar-refractivity contribution in [2.24, 2.45) is 0 Å². The predicted octanol–water partition coefficient (Wildman–Crippen LogP) is 2.98. The van der Waals surface area contributed by atoms with Crippen LogP contribution in [-0.4, -0.2) is 34.6 Å². The van der Waals surface area contributed by atoms with Crippen molar-refractivity contribution in [3.05, 3.63) is 58.4 Å². The molecule has 0 aliphatic carbocycles. The van der Waals surface area contributed by atoms with Gasteiger partial charge in [-0.05, 0) is 51.7 Å². The minimum Gasteiger partial charge on any atom is -0.451 e. The highest BCUT2D eigenvalue weighted by Crippen LogP contribution is 2.24. The Kier molecular flexibility index (Phi) is 7.19. The average molecular weight is 372 g/mol. The number of hydrogen-bond donors (Lipinski definition) is 3. The Morgan fingerprint density at radius 2 is 1.85 bits per heavy atom. The zero-order chi connectivity index (χ0) is 20.0. The van der Waals surface area contributed by atoms with Crippen molar-refractivity contribution in [2.75, 3.05) is 6.61 Å². The SMILES string of the molecule is Cc1[nH]c(C(=O)OCC(=O)N[C@@H](C)CCc2ccccc2)c(C)c1[C@H](C)O. The lowest BCUT2D eigenvalue weighted by Crippen LogP contribution is -2.36. The van der Waals surface area contributed by atoms with Crippen LogP contribution in [0.2, 0.25) is 0 Å². The highest BCUT2D eigenvalue weighted by molar-refractivity contribution is 5.91. The van der Waals surface area contributed by atoms with Crippen molar-refractivity contribution in [3.63, 3.8) is 0 Å². The van der Waals surface area contributed by atoms with E-state index in [2.05, 4.69) is 22.4 Å². The fraction of sp³-hybridized carbons (Fsp3) is 0.429. The molecule has 0 aliphatic rings. The Hall–Kier alpha value is -2.60. The van der Waals surface area contributed by atoms with Gasteiger partial charge in [-0.3, -0.25) is 4.79 Å². The molecule has 2 rings (SSSR count). The monoisotopic (exact) mass is 372 g/mol. The predicted molar refractivity (Wildman–Crippen MR) is 104 cm³/mol. The number of benzene rings is 1. The lowest BCUT2D eigenvalue weighted by molar-refractivity contribution is -0.124. The van der Waals surface area contributed by atoms with Crippen LogP contribution in [0, 0.1) is 13.8 Å². The maximum absolute atomic E-state index is 12.2. The number of carbonyl (C=O) groups excluding carboxylic acids is 2. The number of esters is 1. The summed E-state index contributed by atoms with van der Waals surface area (Å²) in [7, 11) is 0. The summed E-state index contributed by atoms with van der Waals surface area (Å²) < 4.78 is 5.12. The molecule has 1 amide bonds. The number of aromatic nitrogens is 1. The number of aliphatic hydroxyl groups is 1. The first-order valence-electron chi connectivity index (χ1n) is 9.17. The lowest BCUT2D eigenvalue weighted by Gasteiger charge is -2.14. The highest BCUT2D eigenvalue weighted by Gasteiger charge is 2.21. The van der Waals surface area contributed by atoms with E-state index in [9.17, 15) is 14.7 Å². The van der Waals surface area contributed by atoms with Gasteiger partial charge < -0.3 is 20.1 Å². The van der Waals surface area contributed by atoms with Crippen LogP contribution in [0.25, 0.3) is 0 Å². The molecule has 0 unspecified atom stereocenters. The van der Waals surface area contributed by atoms with E-state index in [-0.39, 0.29) is 24.2 Å². The van der Waals surface area contributed by atoms with Crippen molar-refractivity contribution in [2.45, 2.75) is 52.7 Å². The molecule has 0 saturated heterocycles. The van der Waals surface area contributed by atoms with Gasteiger partial charge in [0.2, 0.25) is 0 Å². The zero-order valence-electron chi connectivity index (χ0n) is 16.3. The van der Waals surface area contributed by atoms with E-state index >= 15 is 0 Å². The van der Waals surface area contributed by atoms with Crippen LogP contribution in [0.1, 0.15) is 59.2 Å². The lowest BCUT2D eigenvalue weighted by atomic mass is 10.1. The summed E-state index contributed by atoms with van der Waals surface area (Å²) in [5.41, 5.74) is 3.53. The summed E-state index contributed by atoms with van der Waals surface area (Å²) in [6.07, 6.45) is 0.984. The van der Waals surface area contributed by atoms with Gasteiger partial charge in [0.15, 0.2) is 6.61 Å². The Morgan fingerprint density at radius 1 is 1.19 bits per heavy atom. The van der Waals surface area contributed by atoms with Crippen LogP contribution < -0.4 is 5.32 Å². The molecule has 0 radical (unpaired) electrons. The van der Waals surface area contributed by atoms with Crippen LogP contribution in [0.3, 0.4) is 0 Å². The Bertz CT molecular complexity index is 781. The number of ether oxygens (including phenoxy) is 1. The number of amides is 1. The van der Waals surface area contributed by atoms with Gasteiger partial charge in [0.1, 0.15) is 5.69 Å². The minimum atomic E-state index is -0.684. The number of aliphatic hydroxyl groups excluding tert-OH is 1. The highest BCUT2D eigenvalue weighted by atomic mass is 16.5. The van der Waals surface area contributed by atoms with Gasteiger partial charge in [0.05, 0.1) is 6.10 Å². The Morgan fingerprint density at radius 3 is 2.44 bits per heavy atom. The fourth-order valence-electron chi connectivity index (χ4n) is 3.22. The van der Waals surface area contributed by atoms with Crippen LogP contribution in [0.5, 0.6) is 0 Å². The summed E-state index contributed by atoms with van der Waals surface area (Å²) in [5, 5.41) is 12.6. The van der Waals surface area contributed by atoms with Crippen LogP contribution >= 0.6 is 0 Å². The summed E-state index contributed by atoms with van der Waals surface area (Å²) in [4.78, 5) is 27.2. The van der Waals surface area contributed by atoms with Gasteiger partial charge >= 0.3 is 5.97 Å². The summed E-state index contributed by atoms with van der Waals surface area (Å²) in [6.45, 7) is 6.76. The molecule has 146 valence electrons. The molecule has 0 aliphatic heterocycles. The van der Waals surface area contributed by atoms with Crippen molar-refractivity contribution in [1.29, 1.82) is 0 Å². The third-order valence-electron chi connectivity index (χ3n) is 4.57. The molecule has 27 heavy (non-hydrogen) atoms. The normalized spacial score (nSPS) is 13.1. The second-order valence-corrected chi connectivity index (χ2v) is 6.91. The number of hydrogen-bond acceptors (Lipinski definition) is 4. The van der Waals surface area contributed by atoms with E-state index < -0.39 is 12.1 Å². The molecule has 6 nitrogen and oxygen atoms in total. The molecule has 0 spiro atoms. The van der Waals surface area contributed by atoms with E-state index in [1.807, 2.05) is 25.1 Å². The molecule has 0 bridgehead atoms. The third-order valence-corrected chi connectivity index (χ3v) is 4.57. The average Bonchev–Trinajstić information content (AvgIpc) is 2.93. The molecular formula is C21H28N2O4. The molecule has 0 saturated carbocycles. The maximum atomic E-state index is 12.2. The van der Waals surface area contributed by atoms with Gasteiger partial charge in [-0.2, -0.15) is 0 Å². The number of rotatable bonds is 8. The van der Waals surface area contributed by atoms with E-state index in [1.54, 1.807) is 20.8 Å². The first-order chi connectivity index (χ1) is 12.8. The fourth-order valence-corrected chi connectivity index (χ4v) is 3.22. The Labute approximate surface area is 159 Å². The van der Waals surface area contributed by atoms with Crippen molar-refractivity contribution < 1.29 is 19.4 Å². The number of aromatic amines is 1. The number of carbonyl (C=O) groups is 2. The second-order valence-electron chi connectivity index (χ2n) is 6.91. The van der Waals surface area contributed by atoms with Crippen LogP contribution in [0.4, 0.5) is 0 Å². The molecule has 6 heteroatoms. The number of aryl methyl sites for hydroxylation is 2. The number of nitrogens with one attached hydrogen (secondary N) is 2. The molecule has 2 aromatic rings. The van der Waals surface area contributed by atoms with Crippen molar-refractivity contribution >= 4 is 11.9 Å². The first kappa shape index (κ1) is 20.7. The molecule has 3 N–H and O–H groups in total. The molecular weight excluding hydrogens is 344 g/mol. The minimum absolute atomic E-state index is 0.0206. The smallest absolute Gasteiger partial charge is 0.355 e. The summed E-state index contributed by atoms with van der Waals surface area (Å²) in [5.74, 6) is -0.935. The zero-order valence-corrected chi connectivity index (χ0v) is 16.3. The molecule has 2 atom stereocenters. The quantitative estimate of drug-likeness (QED) is 0.621. The van der Waals surface area contributed by atoms with Gasteiger partial charge in [0.25, 0.3) is 5.91 Å². The third kappa shape index (κ3) is 5.69. The summed E-state index contributed by atoms with van der Waals surface area (Å²) in [6, 6.07) is 10.0. The van der Waals surface area contributed by atoms with E-state index in [1.165, 1.54) is 5.56 Å². The standard InChI is InChI=1S/C21H28N2O4/c1-13(10-11-17-8-6-5-7-9-17)22-18(25)12-27-21(26)20-14(2)19(16(4)24)15(3)23-20/h5-9,13,16,23-24H,10-12H2,1-4H3,(H,22,25)/t13-,16-/m0/s1. The van der Waals surface area contributed by atoms with E-state index in [4.69, 9.17) is 4.74 Å². The largest absolute Gasteiger partial charge is 0.451 e. The maximum Gasteiger partial charge on any atom is 0.355 e. The number of H-pyrrole nitrogens is 1. The van der Waals surface area contributed by atoms with Gasteiger partial charge in [-0.15, -0.1) is 0 Å². The van der Waals surface area contributed by atoms with Crippen LogP contribution in [0.15, 0.2) is 30.3 Å².